The molecule has 0 saturated heterocycles. The number of hydrogen-bond donors (Lipinski definition) is 3. The number of H-pyrrole nitrogens is 1. The Morgan fingerprint density at radius 1 is 1.38 bits per heavy atom. The second kappa shape index (κ2) is 6.33. The van der Waals surface area contributed by atoms with Crippen molar-refractivity contribution in [1.29, 1.82) is 0 Å². The number of benzene rings is 1. The predicted molar refractivity (Wildman–Crippen MR) is 95.5 cm³/mol. The monoisotopic (exact) mass is 341 g/mol. The number of amides is 1. The van der Waals surface area contributed by atoms with Gasteiger partial charge in [0.1, 0.15) is 11.5 Å². The second-order valence-corrected chi connectivity index (χ2v) is 7.04. The Kier molecular flexibility index (Phi) is 4.03. The summed E-state index contributed by atoms with van der Waals surface area (Å²) in [5.41, 5.74) is 8.58. The first-order valence-electron chi connectivity index (χ1n) is 8.18. The molecule has 1 saturated carbocycles. The summed E-state index contributed by atoms with van der Waals surface area (Å²) < 4.78 is 0. The summed E-state index contributed by atoms with van der Waals surface area (Å²) in [6, 6.07) is 5.73. The molecule has 3 aromatic rings. The van der Waals surface area contributed by atoms with Crippen molar-refractivity contribution >= 4 is 34.0 Å². The van der Waals surface area contributed by atoms with Crippen LogP contribution in [0.3, 0.4) is 0 Å². The van der Waals surface area contributed by atoms with E-state index in [0.29, 0.717) is 24.6 Å². The maximum Gasteiger partial charge on any atom is 0.275 e. The number of nitrogens with zero attached hydrogens (tertiary/aromatic N) is 2. The van der Waals surface area contributed by atoms with Crippen LogP contribution < -0.4 is 11.1 Å². The number of thiazole rings is 1. The Hall–Kier alpha value is -2.25. The van der Waals surface area contributed by atoms with E-state index < -0.39 is 0 Å². The van der Waals surface area contributed by atoms with Crippen LogP contribution in [0.25, 0.3) is 11.0 Å². The molecule has 2 aromatic heterocycles. The number of hydrogen-bond acceptors (Lipinski definition) is 5. The Balaban J connectivity index is 1.51. The molecule has 1 aliphatic carbocycles. The average molecular weight is 341 g/mol. The average Bonchev–Trinajstić information content (AvgIpc) is 3.12. The molecule has 24 heavy (non-hydrogen) atoms. The fourth-order valence-corrected chi connectivity index (χ4v) is 3.62. The summed E-state index contributed by atoms with van der Waals surface area (Å²) in [5.74, 6) is 1.42. The number of aromatic amines is 1. The molecular formula is C17H19N5OS. The maximum absolute atomic E-state index is 12.3. The Morgan fingerprint density at radius 2 is 2.25 bits per heavy atom. The van der Waals surface area contributed by atoms with Gasteiger partial charge in [-0.2, -0.15) is 0 Å². The number of imidazole rings is 1. The maximum atomic E-state index is 12.3. The van der Waals surface area contributed by atoms with E-state index in [1.807, 2.05) is 18.2 Å². The standard InChI is InChI=1S/C17H19N5OS/c18-7-6-15-20-14(9-24-15)17(23)19-11-4-5-12-13(8-11)22-16(21-12)10-2-1-3-10/h4-5,8-10H,1-3,6-7,18H2,(H,19,23)(H,21,22). The summed E-state index contributed by atoms with van der Waals surface area (Å²) in [5, 5.41) is 5.55. The van der Waals surface area contributed by atoms with Crippen LogP contribution in [0, 0.1) is 0 Å². The van der Waals surface area contributed by atoms with Crippen molar-refractivity contribution in [2.24, 2.45) is 5.73 Å². The van der Waals surface area contributed by atoms with Crippen LogP contribution in [0.15, 0.2) is 23.6 Å². The summed E-state index contributed by atoms with van der Waals surface area (Å²) in [7, 11) is 0. The molecule has 4 rings (SSSR count). The zero-order chi connectivity index (χ0) is 16.5. The number of nitrogens with two attached hydrogens (primary N) is 1. The third kappa shape index (κ3) is 2.92. The van der Waals surface area contributed by atoms with Gasteiger partial charge in [0.15, 0.2) is 0 Å². The minimum atomic E-state index is -0.201. The van der Waals surface area contributed by atoms with Crippen LogP contribution >= 0.6 is 11.3 Å². The molecule has 1 aromatic carbocycles. The lowest BCUT2D eigenvalue weighted by molar-refractivity contribution is 0.102. The smallest absolute Gasteiger partial charge is 0.275 e. The minimum Gasteiger partial charge on any atom is -0.342 e. The number of nitrogens with one attached hydrogen (secondary N) is 2. The summed E-state index contributed by atoms with van der Waals surface area (Å²) in [6.07, 6.45) is 4.39. The van der Waals surface area contributed by atoms with Gasteiger partial charge in [0.05, 0.1) is 16.0 Å². The van der Waals surface area contributed by atoms with Gasteiger partial charge in [0, 0.05) is 23.4 Å². The number of carbonyl (C=O) groups is 1. The van der Waals surface area contributed by atoms with E-state index in [0.717, 1.165) is 27.6 Å². The lowest BCUT2D eigenvalue weighted by atomic mass is 9.85. The van der Waals surface area contributed by atoms with Crippen molar-refractivity contribution in [2.75, 3.05) is 11.9 Å². The number of fused-ring (bicyclic) bond motifs is 1. The largest absolute Gasteiger partial charge is 0.342 e. The molecule has 6 nitrogen and oxygen atoms in total. The second-order valence-electron chi connectivity index (χ2n) is 6.10. The molecule has 2 heterocycles. The molecule has 1 aliphatic rings. The highest BCUT2D eigenvalue weighted by Crippen LogP contribution is 2.35. The fourth-order valence-electron chi connectivity index (χ4n) is 2.83. The van der Waals surface area contributed by atoms with Crippen molar-refractivity contribution in [3.63, 3.8) is 0 Å². The highest BCUT2D eigenvalue weighted by molar-refractivity contribution is 7.09. The first-order valence-corrected chi connectivity index (χ1v) is 9.06. The lowest BCUT2D eigenvalue weighted by Gasteiger charge is -2.22. The van der Waals surface area contributed by atoms with Gasteiger partial charge in [-0.1, -0.05) is 6.42 Å². The van der Waals surface area contributed by atoms with Gasteiger partial charge in [-0.25, -0.2) is 9.97 Å². The number of rotatable bonds is 5. The molecule has 124 valence electrons. The molecule has 4 N–H and O–H groups in total. The van der Waals surface area contributed by atoms with Gasteiger partial charge in [-0.3, -0.25) is 4.79 Å². The molecule has 0 spiro atoms. The van der Waals surface area contributed by atoms with E-state index in [1.165, 1.54) is 30.6 Å². The van der Waals surface area contributed by atoms with Crippen molar-refractivity contribution < 1.29 is 4.79 Å². The van der Waals surface area contributed by atoms with Gasteiger partial charge in [0.2, 0.25) is 0 Å². The first kappa shape index (κ1) is 15.3. The topological polar surface area (TPSA) is 96.7 Å². The lowest BCUT2D eigenvalue weighted by Crippen LogP contribution is -2.12. The van der Waals surface area contributed by atoms with E-state index >= 15 is 0 Å². The van der Waals surface area contributed by atoms with Crippen LogP contribution in [-0.2, 0) is 6.42 Å². The molecule has 1 fully saturated rings. The molecule has 1 amide bonds. The molecule has 0 aliphatic heterocycles. The highest BCUT2D eigenvalue weighted by Gasteiger charge is 2.22. The first-order chi connectivity index (χ1) is 11.7. The van der Waals surface area contributed by atoms with Crippen LogP contribution in [0.1, 0.15) is 46.5 Å². The summed E-state index contributed by atoms with van der Waals surface area (Å²) in [6.45, 7) is 0.536. The normalized spacial score (nSPS) is 14.7. The van der Waals surface area contributed by atoms with Gasteiger partial charge in [-0.15, -0.1) is 11.3 Å². The van der Waals surface area contributed by atoms with Gasteiger partial charge < -0.3 is 16.0 Å². The number of carbonyl (C=O) groups excluding carboxylic acids is 1. The van der Waals surface area contributed by atoms with E-state index in [9.17, 15) is 4.79 Å². The van der Waals surface area contributed by atoms with Crippen molar-refractivity contribution in [3.8, 4) is 0 Å². The van der Waals surface area contributed by atoms with Crippen LogP contribution in [0.4, 0.5) is 5.69 Å². The third-order valence-corrected chi connectivity index (χ3v) is 5.30. The van der Waals surface area contributed by atoms with Gasteiger partial charge >= 0.3 is 0 Å². The molecule has 7 heteroatoms. The highest BCUT2D eigenvalue weighted by atomic mass is 32.1. The van der Waals surface area contributed by atoms with Crippen molar-refractivity contribution in [1.82, 2.24) is 15.0 Å². The van der Waals surface area contributed by atoms with Crippen molar-refractivity contribution in [3.05, 3.63) is 40.1 Å². The molecular weight excluding hydrogens is 322 g/mol. The Morgan fingerprint density at radius 3 is 3.00 bits per heavy atom. The zero-order valence-corrected chi connectivity index (χ0v) is 14.0. The molecule has 0 unspecified atom stereocenters. The Labute approximate surface area is 143 Å². The van der Waals surface area contributed by atoms with E-state index in [4.69, 9.17) is 5.73 Å². The minimum absolute atomic E-state index is 0.201. The van der Waals surface area contributed by atoms with E-state index in [1.54, 1.807) is 5.38 Å². The zero-order valence-electron chi connectivity index (χ0n) is 13.2. The third-order valence-electron chi connectivity index (χ3n) is 4.39. The van der Waals surface area contributed by atoms with Crippen molar-refractivity contribution in [2.45, 2.75) is 31.6 Å². The SMILES string of the molecule is NCCc1nc(C(=O)Nc2ccc3nc(C4CCC4)[nH]c3c2)cs1. The quantitative estimate of drug-likeness (QED) is 0.664. The molecule has 0 atom stereocenters. The number of aromatic nitrogens is 3. The molecule has 0 bridgehead atoms. The Bertz CT molecular complexity index is 880. The summed E-state index contributed by atoms with van der Waals surface area (Å²) >= 11 is 1.46. The van der Waals surface area contributed by atoms with Gasteiger partial charge in [-0.05, 0) is 37.6 Å². The van der Waals surface area contributed by atoms with Crippen LogP contribution in [0.5, 0.6) is 0 Å². The fraction of sp³-hybridized carbons (Fsp3) is 0.353. The van der Waals surface area contributed by atoms with Crippen LogP contribution in [0.2, 0.25) is 0 Å². The predicted octanol–water partition coefficient (Wildman–Crippen LogP) is 3.04. The van der Waals surface area contributed by atoms with Crippen LogP contribution in [-0.4, -0.2) is 27.4 Å². The van der Waals surface area contributed by atoms with Gasteiger partial charge in [0.25, 0.3) is 5.91 Å². The van der Waals surface area contributed by atoms with E-state index in [-0.39, 0.29) is 5.91 Å². The number of anilines is 1. The molecule has 0 radical (unpaired) electrons. The summed E-state index contributed by atoms with van der Waals surface area (Å²) in [4.78, 5) is 24.7. The van der Waals surface area contributed by atoms with E-state index in [2.05, 4.69) is 20.3 Å².